The second kappa shape index (κ2) is 15.9. The number of ether oxygens (including phenoxy) is 3. The summed E-state index contributed by atoms with van der Waals surface area (Å²) in [4.78, 5) is 59.4. The number of fused-ring (bicyclic) bond motifs is 4. The summed E-state index contributed by atoms with van der Waals surface area (Å²) in [5, 5.41) is 15.5. The number of aliphatic hydroxyl groups is 1. The number of aromatic amines is 1. The lowest BCUT2D eigenvalue weighted by atomic mass is 9.82. The maximum Gasteiger partial charge on any atom is 0.305 e. The first-order valence-corrected chi connectivity index (χ1v) is 23.5. The number of rotatable bonds is 12. The molecular weight excluding hydrogens is 765 g/mol. The summed E-state index contributed by atoms with van der Waals surface area (Å²) >= 11 is 0. The highest BCUT2D eigenvalue weighted by Crippen LogP contribution is 2.60. The number of aromatic nitrogens is 2. The van der Waals surface area contributed by atoms with E-state index in [2.05, 4.69) is 37.2 Å². The summed E-state index contributed by atoms with van der Waals surface area (Å²) in [6.07, 6.45) is 1.21. The number of carbonyl (C=O) groups excluding carboxylic acids is 3. The molecular formula is C46H52N4O8Si. The molecule has 2 amide bonds. The van der Waals surface area contributed by atoms with E-state index >= 15 is 4.79 Å². The third-order valence-corrected chi connectivity index (χ3v) is 17.5. The van der Waals surface area contributed by atoms with E-state index < -0.39 is 25.7 Å². The van der Waals surface area contributed by atoms with Gasteiger partial charge in [0.2, 0.25) is 5.91 Å². The van der Waals surface area contributed by atoms with Crippen LogP contribution in [0.2, 0.25) is 18.6 Å². The van der Waals surface area contributed by atoms with Crippen LogP contribution in [0.1, 0.15) is 49.3 Å². The average molecular weight is 817 g/mol. The molecule has 5 atom stereocenters. The quantitative estimate of drug-likeness (QED) is 0.0947. The minimum Gasteiger partial charge on any atom is -0.497 e. The zero-order valence-corrected chi connectivity index (χ0v) is 35.3. The lowest BCUT2D eigenvalue weighted by Crippen LogP contribution is -2.52. The van der Waals surface area contributed by atoms with Gasteiger partial charge in [0, 0.05) is 31.0 Å². The molecule has 13 heteroatoms. The fraction of sp³-hybridized carbons (Fsp3) is 0.391. The summed E-state index contributed by atoms with van der Waals surface area (Å²) < 4.78 is 19.2. The molecule has 308 valence electrons. The number of hydrogen-bond acceptors (Lipinski definition) is 8. The Labute approximate surface area is 344 Å². The highest BCUT2D eigenvalue weighted by molar-refractivity contribution is 6.91. The number of amides is 2. The van der Waals surface area contributed by atoms with Gasteiger partial charge >= 0.3 is 5.97 Å². The SMILES string of the molecule is COC(=O)CCCCN1C(=O)[C@@]2(O[C@@H](CC(=O)N3Cc4ccccc4C[C@H]3CO)[C@H]([Si](C)(C)c3ccc(OC)cc3)[C@H]2C)c2cc(-n3[nH]c4ccccc4c3=O)ccc21. The maximum absolute atomic E-state index is 15.4. The van der Waals surface area contributed by atoms with E-state index in [1.54, 1.807) is 23.0 Å². The Bertz CT molecular complexity index is 2460. The summed E-state index contributed by atoms with van der Waals surface area (Å²) in [6.45, 7) is 7.16. The van der Waals surface area contributed by atoms with Gasteiger partial charge in [-0.1, -0.05) is 73.7 Å². The van der Waals surface area contributed by atoms with Gasteiger partial charge in [0.15, 0.2) is 5.60 Å². The fourth-order valence-electron chi connectivity index (χ4n) is 10.1. The first-order chi connectivity index (χ1) is 28.4. The van der Waals surface area contributed by atoms with Gasteiger partial charge in [-0.05, 0) is 78.4 Å². The van der Waals surface area contributed by atoms with Crippen LogP contribution in [0.15, 0.2) is 95.8 Å². The number of nitrogens with zero attached hydrogens (tertiary/aromatic N) is 3. The van der Waals surface area contributed by atoms with E-state index in [1.165, 1.54) is 11.8 Å². The van der Waals surface area contributed by atoms with Crippen LogP contribution < -0.4 is 20.4 Å². The fourth-order valence-corrected chi connectivity index (χ4v) is 14.1. The molecule has 2 N–H and O–H groups in total. The zero-order valence-electron chi connectivity index (χ0n) is 34.3. The van der Waals surface area contributed by atoms with E-state index in [4.69, 9.17) is 14.2 Å². The second-order valence-corrected chi connectivity index (χ2v) is 21.4. The number of methoxy groups -OCH3 is 2. The number of hydrogen-bond donors (Lipinski definition) is 2. The number of unbranched alkanes of at least 4 members (excludes halogenated alkanes) is 1. The Balaban J connectivity index is 1.23. The number of benzene rings is 4. The first-order valence-electron chi connectivity index (χ1n) is 20.5. The third kappa shape index (κ3) is 6.88. The molecule has 3 aliphatic heterocycles. The van der Waals surface area contributed by atoms with E-state index in [1.807, 2.05) is 72.8 Å². The molecule has 59 heavy (non-hydrogen) atoms. The standard InChI is InChI=1S/C46H52N4O8Si/c1-29-43(59(4,5)35-20-18-34(56-2)19-21-35)40(26-41(52)49-27-31-13-7-6-12-30(31)24-33(49)28-51)58-46(29)37-25-32(50-44(54)36-14-8-9-15-38(36)47-50)17-22-39(37)48(45(46)55)23-11-10-16-42(53)57-3/h6-9,12-15,17-22,25,29,33,40,43,47,51H,10-11,16,23-24,26-28H2,1-5H3/t29-,33+,40+,43-,46+/m1/s1. The van der Waals surface area contributed by atoms with Gasteiger partial charge in [-0.3, -0.25) is 24.3 Å². The van der Waals surface area contributed by atoms with Crippen LogP contribution in [0, 0.1) is 5.92 Å². The lowest BCUT2D eigenvalue weighted by Gasteiger charge is -2.39. The van der Waals surface area contributed by atoms with Crippen LogP contribution in [-0.2, 0) is 42.4 Å². The van der Waals surface area contributed by atoms with Gasteiger partial charge in [0.1, 0.15) is 5.75 Å². The maximum atomic E-state index is 15.4. The smallest absolute Gasteiger partial charge is 0.305 e. The molecule has 8 rings (SSSR count). The van der Waals surface area contributed by atoms with Crippen LogP contribution in [0.4, 0.5) is 5.69 Å². The Morgan fingerprint density at radius 3 is 2.39 bits per heavy atom. The van der Waals surface area contributed by atoms with E-state index in [-0.39, 0.29) is 54.4 Å². The summed E-state index contributed by atoms with van der Waals surface area (Å²) in [5.41, 5.74) is 2.82. The Morgan fingerprint density at radius 1 is 0.949 bits per heavy atom. The van der Waals surface area contributed by atoms with Crippen molar-refractivity contribution in [1.82, 2.24) is 14.7 Å². The van der Waals surface area contributed by atoms with Gasteiger partial charge in [-0.2, -0.15) is 0 Å². The van der Waals surface area contributed by atoms with Gasteiger partial charge in [-0.15, -0.1) is 0 Å². The van der Waals surface area contributed by atoms with Gasteiger partial charge in [-0.25, -0.2) is 4.68 Å². The van der Waals surface area contributed by atoms with Crippen molar-refractivity contribution in [2.75, 3.05) is 32.3 Å². The molecule has 0 bridgehead atoms. The largest absolute Gasteiger partial charge is 0.497 e. The molecule has 0 saturated carbocycles. The van der Waals surface area contributed by atoms with E-state index in [0.717, 1.165) is 22.1 Å². The van der Waals surface area contributed by atoms with Crippen molar-refractivity contribution in [2.24, 2.45) is 5.92 Å². The number of esters is 1. The summed E-state index contributed by atoms with van der Waals surface area (Å²) in [7, 11) is 0.386. The number of aliphatic hydroxyl groups excluding tert-OH is 1. The minimum absolute atomic E-state index is 0.0188. The van der Waals surface area contributed by atoms with E-state index in [0.29, 0.717) is 60.2 Å². The second-order valence-electron chi connectivity index (χ2n) is 16.7. The molecule has 4 heterocycles. The average Bonchev–Trinajstić information content (AvgIpc) is 3.83. The van der Waals surface area contributed by atoms with Crippen molar-refractivity contribution in [2.45, 2.75) is 82.0 Å². The van der Waals surface area contributed by atoms with Crippen molar-refractivity contribution in [3.63, 3.8) is 0 Å². The normalized spacial score (nSPS) is 22.5. The predicted molar refractivity (Wildman–Crippen MR) is 228 cm³/mol. The van der Waals surface area contributed by atoms with Crippen molar-refractivity contribution < 1.29 is 33.7 Å². The Kier molecular flexibility index (Phi) is 10.9. The third-order valence-electron chi connectivity index (χ3n) is 13.2. The highest BCUT2D eigenvalue weighted by atomic mass is 28.3. The molecule has 12 nitrogen and oxygen atoms in total. The molecule has 4 aromatic carbocycles. The van der Waals surface area contributed by atoms with Crippen molar-refractivity contribution in [3.8, 4) is 11.4 Å². The van der Waals surface area contributed by atoms with E-state index in [9.17, 15) is 19.5 Å². The molecule has 3 aliphatic rings. The summed E-state index contributed by atoms with van der Waals surface area (Å²) in [6, 6.07) is 28.6. The van der Waals surface area contributed by atoms with Crippen LogP contribution in [0.3, 0.4) is 0 Å². The Hall–Kier alpha value is -5.50. The monoisotopic (exact) mass is 816 g/mol. The Morgan fingerprint density at radius 2 is 1.68 bits per heavy atom. The highest BCUT2D eigenvalue weighted by Gasteiger charge is 2.66. The molecule has 0 aliphatic carbocycles. The number of H-pyrrole nitrogens is 1. The molecule has 1 aromatic heterocycles. The number of nitrogens with one attached hydrogen (secondary N) is 1. The summed E-state index contributed by atoms with van der Waals surface area (Å²) in [5.74, 6) is -0.335. The van der Waals surface area contributed by atoms with Crippen LogP contribution in [-0.4, -0.2) is 85.2 Å². The van der Waals surface area contributed by atoms with Crippen LogP contribution in [0.5, 0.6) is 5.75 Å². The van der Waals surface area contributed by atoms with Crippen LogP contribution in [0.25, 0.3) is 16.6 Å². The molecule has 1 spiro atoms. The van der Waals surface area contributed by atoms with Gasteiger partial charge in [0.05, 0.1) is 69.7 Å². The van der Waals surface area contributed by atoms with Crippen LogP contribution >= 0.6 is 0 Å². The minimum atomic E-state index is -2.61. The topological polar surface area (TPSA) is 143 Å². The number of carbonyl (C=O) groups is 3. The molecule has 0 unspecified atom stereocenters. The molecule has 1 saturated heterocycles. The number of anilines is 1. The molecule has 5 aromatic rings. The zero-order chi connectivity index (χ0) is 41.6. The van der Waals surface area contributed by atoms with Crippen molar-refractivity contribution in [1.29, 1.82) is 0 Å². The molecule has 0 radical (unpaired) electrons. The van der Waals surface area contributed by atoms with Crippen molar-refractivity contribution in [3.05, 3.63) is 118 Å². The molecule has 1 fully saturated rings. The van der Waals surface area contributed by atoms with Gasteiger partial charge < -0.3 is 29.1 Å². The lowest BCUT2D eigenvalue weighted by molar-refractivity contribution is -0.151. The predicted octanol–water partition coefficient (Wildman–Crippen LogP) is 5.57. The van der Waals surface area contributed by atoms with Crippen molar-refractivity contribution >= 4 is 47.6 Å². The number of para-hydroxylation sites is 1. The first kappa shape index (κ1) is 40.3. The van der Waals surface area contributed by atoms with Gasteiger partial charge in [0.25, 0.3) is 11.5 Å².